The van der Waals surface area contributed by atoms with Crippen LogP contribution < -0.4 is 10.2 Å². The summed E-state index contributed by atoms with van der Waals surface area (Å²) < 4.78 is 11.3. The second kappa shape index (κ2) is 8.20. The highest BCUT2D eigenvalue weighted by Gasteiger charge is 2.11. The molecule has 0 saturated carbocycles. The Kier molecular flexibility index (Phi) is 5.31. The van der Waals surface area contributed by atoms with Crippen LogP contribution in [0.2, 0.25) is 0 Å². The standard InChI is InChI=1S/C24H20O5/c25-18-8-6-17(7-9-18)22-15-29-23-13-20(10-11-21(23)24(22)27)28-14-19(26)12-16-4-2-1-3-5-16/h1-11,13,15,19,25-26H,12,14H2/t19-/m1/s1. The van der Waals surface area contributed by atoms with Gasteiger partial charge in [0, 0.05) is 12.5 Å². The molecule has 3 aromatic carbocycles. The minimum atomic E-state index is -0.642. The zero-order valence-corrected chi connectivity index (χ0v) is 15.6. The SMILES string of the molecule is O=c1c(-c2ccc(O)cc2)coc2cc(OC[C@H](O)Cc3ccccc3)ccc12. The van der Waals surface area contributed by atoms with Crippen LogP contribution in [0.5, 0.6) is 11.5 Å². The van der Waals surface area contributed by atoms with Crippen molar-refractivity contribution in [2.45, 2.75) is 12.5 Å². The molecule has 4 rings (SSSR count). The Morgan fingerprint density at radius 1 is 0.966 bits per heavy atom. The van der Waals surface area contributed by atoms with Crippen LogP contribution in [0.3, 0.4) is 0 Å². The number of aromatic hydroxyl groups is 1. The van der Waals surface area contributed by atoms with E-state index in [0.29, 0.717) is 34.3 Å². The first-order chi connectivity index (χ1) is 14.1. The van der Waals surface area contributed by atoms with Gasteiger partial charge in [0.25, 0.3) is 0 Å². The predicted molar refractivity (Wildman–Crippen MR) is 111 cm³/mol. The Morgan fingerprint density at radius 2 is 1.72 bits per heavy atom. The Hall–Kier alpha value is -3.57. The third-order valence-electron chi connectivity index (χ3n) is 4.68. The number of hydrogen-bond donors (Lipinski definition) is 2. The molecule has 1 heterocycles. The highest BCUT2D eigenvalue weighted by molar-refractivity contribution is 5.82. The second-order valence-electron chi connectivity index (χ2n) is 6.84. The normalized spacial score (nSPS) is 12.0. The molecule has 0 aliphatic carbocycles. The van der Waals surface area contributed by atoms with Gasteiger partial charge in [-0.05, 0) is 35.4 Å². The second-order valence-corrected chi connectivity index (χ2v) is 6.84. The van der Waals surface area contributed by atoms with E-state index in [0.717, 1.165) is 5.56 Å². The van der Waals surface area contributed by atoms with E-state index in [4.69, 9.17) is 9.15 Å². The van der Waals surface area contributed by atoms with Crippen molar-refractivity contribution in [2.24, 2.45) is 0 Å². The van der Waals surface area contributed by atoms with Crippen LogP contribution in [0, 0.1) is 0 Å². The van der Waals surface area contributed by atoms with E-state index >= 15 is 0 Å². The average molecular weight is 388 g/mol. The van der Waals surface area contributed by atoms with Crippen LogP contribution in [0.1, 0.15) is 5.56 Å². The molecule has 29 heavy (non-hydrogen) atoms. The molecule has 0 aliphatic heterocycles. The van der Waals surface area contributed by atoms with Gasteiger partial charge in [-0.1, -0.05) is 42.5 Å². The molecule has 5 nitrogen and oxygen atoms in total. The maximum absolute atomic E-state index is 12.8. The summed E-state index contributed by atoms with van der Waals surface area (Å²) in [5, 5.41) is 20.0. The molecule has 4 aromatic rings. The molecule has 0 spiro atoms. The first kappa shape index (κ1) is 18.8. The van der Waals surface area contributed by atoms with Crippen LogP contribution in [0.15, 0.2) is 88.3 Å². The summed E-state index contributed by atoms with van der Waals surface area (Å²) >= 11 is 0. The zero-order valence-electron chi connectivity index (χ0n) is 15.6. The van der Waals surface area contributed by atoms with Crippen LogP contribution >= 0.6 is 0 Å². The average Bonchev–Trinajstić information content (AvgIpc) is 2.74. The van der Waals surface area contributed by atoms with Crippen molar-refractivity contribution in [1.82, 2.24) is 0 Å². The number of benzene rings is 3. The number of phenols is 1. The lowest BCUT2D eigenvalue weighted by atomic mass is 10.1. The summed E-state index contributed by atoms with van der Waals surface area (Å²) in [5.41, 5.74) is 2.38. The summed E-state index contributed by atoms with van der Waals surface area (Å²) in [6.07, 6.45) is 1.27. The Labute approximate surface area is 167 Å². The molecule has 0 fully saturated rings. The van der Waals surface area contributed by atoms with Crippen molar-refractivity contribution in [3.8, 4) is 22.6 Å². The monoisotopic (exact) mass is 388 g/mol. The number of phenolic OH excluding ortho intramolecular Hbond substituents is 1. The van der Waals surface area contributed by atoms with Gasteiger partial charge in [-0.3, -0.25) is 4.79 Å². The zero-order chi connectivity index (χ0) is 20.2. The number of rotatable bonds is 6. The lowest BCUT2D eigenvalue weighted by Gasteiger charge is -2.13. The minimum Gasteiger partial charge on any atom is -0.508 e. The number of fused-ring (bicyclic) bond motifs is 1. The molecule has 1 atom stereocenters. The van der Waals surface area contributed by atoms with Crippen molar-refractivity contribution in [2.75, 3.05) is 6.61 Å². The van der Waals surface area contributed by atoms with Gasteiger partial charge in [-0.2, -0.15) is 0 Å². The Bertz CT molecular complexity index is 1160. The molecule has 5 heteroatoms. The molecule has 0 unspecified atom stereocenters. The third kappa shape index (κ3) is 4.31. The summed E-state index contributed by atoms with van der Waals surface area (Å²) in [6.45, 7) is 0.135. The summed E-state index contributed by atoms with van der Waals surface area (Å²) in [4.78, 5) is 12.8. The van der Waals surface area contributed by atoms with Crippen LogP contribution in [-0.4, -0.2) is 22.9 Å². The topological polar surface area (TPSA) is 79.9 Å². The fourth-order valence-electron chi connectivity index (χ4n) is 3.18. The molecule has 0 amide bonds. The molecule has 0 radical (unpaired) electrons. The van der Waals surface area contributed by atoms with Gasteiger partial charge in [0.2, 0.25) is 0 Å². The van der Waals surface area contributed by atoms with Crippen molar-refractivity contribution >= 4 is 11.0 Å². The highest BCUT2D eigenvalue weighted by Crippen LogP contribution is 2.24. The van der Waals surface area contributed by atoms with E-state index in [1.165, 1.54) is 18.4 Å². The number of aliphatic hydroxyl groups excluding tert-OH is 1. The van der Waals surface area contributed by atoms with Crippen LogP contribution in [-0.2, 0) is 6.42 Å². The van der Waals surface area contributed by atoms with Crippen LogP contribution in [0.4, 0.5) is 0 Å². The van der Waals surface area contributed by atoms with Gasteiger partial charge in [0.15, 0.2) is 5.43 Å². The number of aliphatic hydroxyl groups is 1. The first-order valence-electron chi connectivity index (χ1n) is 9.30. The minimum absolute atomic E-state index is 0.134. The molecular weight excluding hydrogens is 368 g/mol. The van der Waals surface area contributed by atoms with Crippen molar-refractivity contribution < 1.29 is 19.4 Å². The fraction of sp³-hybridized carbons (Fsp3) is 0.125. The first-order valence-corrected chi connectivity index (χ1v) is 9.30. The van der Waals surface area contributed by atoms with Gasteiger partial charge in [0.05, 0.1) is 17.1 Å². The van der Waals surface area contributed by atoms with E-state index in [1.54, 1.807) is 30.3 Å². The van der Waals surface area contributed by atoms with Gasteiger partial charge in [0.1, 0.15) is 30.0 Å². The summed E-state index contributed by atoms with van der Waals surface area (Å²) in [6, 6.07) is 21.1. The molecule has 146 valence electrons. The summed E-state index contributed by atoms with van der Waals surface area (Å²) in [5.74, 6) is 0.653. The molecule has 0 saturated heterocycles. The third-order valence-corrected chi connectivity index (χ3v) is 4.68. The van der Waals surface area contributed by atoms with E-state index in [9.17, 15) is 15.0 Å². The lowest BCUT2D eigenvalue weighted by Crippen LogP contribution is -2.20. The Balaban J connectivity index is 1.50. The molecule has 2 N–H and O–H groups in total. The lowest BCUT2D eigenvalue weighted by molar-refractivity contribution is 0.108. The van der Waals surface area contributed by atoms with E-state index < -0.39 is 6.10 Å². The molecule has 0 bridgehead atoms. The van der Waals surface area contributed by atoms with Crippen LogP contribution in [0.25, 0.3) is 22.1 Å². The number of hydrogen-bond acceptors (Lipinski definition) is 5. The van der Waals surface area contributed by atoms with Crippen molar-refractivity contribution in [1.29, 1.82) is 0 Å². The maximum Gasteiger partial charge on any atom is 0.200 e. The smallest absolute Gasteiger partial charge is 0.200 e. The number of ether oxygens (including phenoxy) is 1. The Morgan fingerprint density at radius 3 is 2.48 bits per heavy atom. The molecule has 1 aromatic heterocycles. The van der Waals surface area contributed by atoms with Gasteiger partial charge < -0.3 is 19.4 Å². The molecule has 0 aliphatic rings. The quantitative estimate of drug-likeness (QED) is 0.519. The van der Waals surface area contributed by atoms with E-state index in [2.05, 4.69) is 0 Å². The van der Waals surface area contributed by atoms with Gasteiger partial charge >= 0.3 is 0 Å². The fourth-order valence-corrected chi connectivity index (χ4v) is 3.18. The summed E-state index contributed by atoms with van der Waals surface area (Å²) in [7, 11) is 0. The van der Waals surface area contributed by atoms with Gasteiger partial charge in [-0.15, -0.1) is 0 Å². The highest BCUT2D eigenvalue weighted by atomic mass is 16.5. The van der Waals surface area contributed by atoms with E-state index in [1.807, 2.05) is 30.3 Å². The molecular formula is C24H20O5. The van der Waals surface area contributed by atoms with E-state index in [-0.39, 0.29) is 17.8 Å². The van der Waals surface area contributed by atoms with Crippen molar-refractivity contribution in [3.05, 3.63) is 94.8 Å². The van der Waals surface area contributed by atoms with Crippen molar-refractivity contribution in [3.63, 3.8) is 0 Å². The van der Waals surface area contributed by atoms with Gasteiger partial charge in [-0.25, -0.2) is 0 Å². The predicted octanol–water partition coefficient (Wildman–Crippen LogP) is 4.15. The maximum atomic E-state index is 12.8. The largest absolute Gasteiger partial charge is 0.508 e.